The Labute approximate surface area is 210 Å². The van der Waals surface area contributed by atoms with Gasteiger partial charge in [-0.3, -0.25) is 4.79 Å². The van der Waals surface area contributed by atoms with E-state index in [9.17, 15) is 18.5 Å². The lowest BCUT2D eigenvalue weighted by Gasteiger charge is -2.20. The van der Waals surface area contributed by atoms with E-state index in [1.807, 2.05) is 84.9 Å². The Morgan fingerprint density at radius 2 is 1.58 bits per heavy atom. The Bertz CT molecular complexity index is 1520. The number of para-hydroxylation sites is 1. The molecule has 1 atom stereocenters. The highest BCUT2D eigenvalue weighted by Crippen LogP contribution is 2.31. The van der Waals surface area contributed by atoms with Gasteiger partial charge in [0.25, 0.3) is 0 Å². The lowest BCUT2D eigenvalue weighted by atomic mass is 9.94. The molecule has 0 radical (unpaired) electrons. The minimum atomic E-state index is -3.50. The zero-order valence-electron chi connectivity index (χ0n) is 19.8. The average molecular weight is 499 g/mol. The number of hydrogen-bond donors (Lipinski definition) is 2. The molecule has 0 saturated heterocycles. The molecule has 1 heterocycles. The zero-order chi connectivity index (χ0) is 25.5. The van der Waals surface area contributed by atoms with E-state index in [0.29, 0.717) is 22.3 Å². The summed E-state index contributed by atoms with van der Waals surface area (Å²) in [4.78, 5) is 18.2. The third-order valence-electron chi connectivity index (χ3n) is 5.84. The third kappa shape index (κ3) is 6.13. The first kappa shape index (κ1) is 25.0. The predicted octanol–water partition coefficient (Wildman–Crippen LogP) is 4.26. The smallest absolute Gasteiger partial charge is 0.224 e. The number of rotatable bonds is 9. The molecule has 0 fully saturated rings. The van der Waals surface area contributed by atoms with Crippen LogP contribution in [0.25, 0.3) is 22.2 Å². The van der Waals surface area contributed by atoms with Gasteiger partial charge in [-0.05, 0) is 22.8 Å². The van der Waals surface area contributed by atoms with Gasteiger partial charge in [0.15, 0.2) is 0 Å². The van der Waals surface area contributed by atoms with E-state index >= 15 is 0 Å². The summed E-state index contributed by atoms with van der Waals surface area (Å²) in [5, 5.41) is 13.1. The van der Waals surface area contributed by atoms with Crippen LogP contribution in [0.4, 0.5) is 0 Å². The summed E-state index contributed by atoms with van der Waals surface area (Å²) in [5.74, 6) is -0.268. The molecule has 3 aromatic carbocycles. The topological polar surface area (TPSA) is 112 Å². The van der Waals surface area contributed by atoms with E-state index in [4.69, 9.17) is 4.98 Å². The maximum atomic E-state index is 13.3. The van der Waals surface area contributed by atoms with Gasteiger partial charge in [-0.15, -0.1) is 0 Å². The summed E-state index contributed by atoms with van der Waals surface area (Å²) in [6.45, 7) is -0.0101. The van der Waals surface area contributed by atoms with Gasteiger partial charge < -0.3 is 5.32 Å². The van der Waals surface area contributed by atoms with Crippen molar-refractivity contribution >= 4 is 26.8 Å². The molecule has 182 valence electrons. The first-order valence-corrected chi connectivity index (χ1v) is 13.4. The molecule has 0 aliphatic heterocycles. The van der Waals surface area contributed by atoms with Gasteiger partial charge in [0, 0.05) is 17.5 Å². The Kier molecular flexibility index (Phi) is 7.74. The molecule has 36 heavy (non-hydrogen) atoms. The van der Waals surface area contributed by atoms with Crippen molar-refractivity contribution in [2.24, 2.45) is 0 Å². The van der Waals surface area contributed by atoms with Gasteiger partial charge in [-0.25, -0.2) is 18.1 Å². The van der Waals surface area contributed by atoms with Crippen molar-refractivity contribution in [3.63, 3.8) is 0 Å². The summed E-state index contributed by atoms with van der Waals surface area (Å²) in [7, 11) is -3.50. The second-order valence-corrected chi connectivity index (χ2v) is 10.3. The SMILES string of the molecule is CS(=O)(=O)NCc1c(-c2ccccc2)nc2ccccc2c1CC(=O)N[C@@H](CC#N)c1ccccc1. The highest BCUT2D eigenvalue weighted by atomic mass is 32.2. The second-order valence-electron chi connectivity index (χ2n) is 8.46. The van der Waals surface area contributed by atoms with Crippen molar-refractivity contribution in [1.29, 1.82) is 5.26 Å². The molecule has 0 aliphatic rings. The van der Waals surface area contributed by atoms with E-state index in [1.54, 1.807) is 0 Å². The Morgan fingerprint density at radius 1 is 0.944 bits per heavy atom. The second kappa shape index (κ2) is 11.1. The number of amides is 1. The van der Waals surface area contributed by atoms with Crippen molar-refractivity contribution in [3.05, 3.63) is 102 Å². The van der Waals surface area contributed by atoms with E-state index in [-0.39, 0.29) is 25.3 Å². The molecular weight excluding hydrogens is 472 g/mol. The highest BCUT2D eigenvalue weighted by molar-refractivity contribution is 7.88. The number of nitrogens with one attached hydrogen (secondary N) is 2. The number of nitrogens with zero attached hydrogens (tertiary/aromatic N) is 2. The van der Waals surface area contributed by atoms with Gasteiger partial charge in [0.1, 0.15) is 0 Å². The summed E-state index contributed by atoms with van der Waals surface area (Å²) in [6.07, 6.45) is 1.23. The average Bonchev–Trinajstić information content (AvgIpc) is 2.88. The predicted molar refractivity (Wildman–Crippen MR) is 140 cm³/mol. The number of carbonyl (C=O) groups is 1. The lowest BCUT2D eigenvalue weighted by molar-refractivity contribution is -0.121. The monoisotopic (exact) mass is 498 g/mol. The Morgan fingerprint density at radius 3 is 2.25 bits per heavy atom. The van der Waals surface area contributed by atoms with Crippen LogP contribution in [-0.2, 0) is 27.8 Å². The molecule has 0 unspecified atom stereocenters. The molecule has 2 N–H and O–H groups in total. The van der Waals surface area contributed by atoms with Crippen LogP contribution in [0.1, 0.15) is 29.2 Å². The van der Waals surface area contributed by atoms with Gasteiger partial charge in [-0.1, -0.05) is 78.9 Å². The molecule has 4 rings (SSSR count). The summed E-state index contributed by atoms with van der Waals surface area (Å²) in [6, 6.07) is 28.0. The van der Waals surface area contributed by atoms with Crippen LogP contribution in [0.2, 0.25) is 0 Å². The van der Waals surface area contributed by atoms with Crippen molar-refractivity contribution in [2.75, 3.05) is 6.26 Å². The van der Waals surface area contributed by atoms with Gasteiger partial charge >= 0.3 is 0 Å². The van der Waals surface area contributed by atoms with E-state index < -0.39 is 16.1 Å². The number of hydrogen-bond acceptors (Lipinski definition) is 5. The van der Waals surface area contributed by atoms with Crippen molar-refractivity contribution in [1.82, 2.24) is 15.0 Å². The largest absolute Gasteiger partial charge is 0.348 e. The lowest BCUT2D eigenvalue weighted by Crippen LogP contribution is -2.30. The molecule has 0 bridgehead atoms. The van der Waals surface area contributed by atoms with E-state index in [1.165, 1.54) is 0 Å². The zero-order valence-corrected chi connectivity index (χ0v) is 20.6. The minimum Gasteiger partial charge on any atom is -0.348 e. The number of nitriles is 1. The number of pyridine rings is 1. The molecule has 0 spiro atoms. The fourth-order valence-corrected chi connectivity index (χ4v) is 4.59. The molecule has 4 aromatic rings. The maximum absolute atomic E-state index is 13.3. The number of benzene rings is 3. The fraction of sp³-hybridized carbons (Fsp3) is 0.179. The number of sulfonamides is 1. The first-order chi connectivity index (χ1) is 17.4. The van der Waals surface area contributed by atoms with Crippen LogP contribution in [0.5, 0.6) is 0 Å². The molecular formula is C28H26N4O3S. The Balaban J connectivity index is 1.79. The normalized spacial score (nSPS) is 12.1. The molecule has 7 nitrogen and oxygen atoms in total. The van der Waals surface area contributed by atoms with Crippen LogP contribution in [0, 0.1) is 11.3 Å². The standard InChI is InChI=1S/C28H26N4O3S/c1-36(34,35)30-19-24-23(18-27(33)31-25(16-17-29)20-10-4-2-5-11-20)22-14-8-9-15-26(22)32-28(24)21-12-6-3-7-13-21/h2-15,25,30H,16,18-19H2,1H3,(H,31,33)/t25-/m0/s1. The molecule has 0 aliphatic carbocycles. The van der Waals surface area contributed by atoms with Crippen LogP contribution in [0.3, 0.4) is 0 Å². The summed E-state index contributed by atoms with van der Waals surface area (Å²) >= 11 is 0. The van der Waals surface area contributed by atoms with Gasteiger partial charge in [0.2, 0.25) is 15.9 Å². The summed E-state index contributed by atoms with van der Waals surface area (Å²) < 4.78 is 26.5. The molecule has 8 heteroatoms. The number of carbonyl (C=O) groups excluding carboxylic acids is 1. The first-order valence-electron chi connectivity index (χ1n) is 11.5. The van der Waals surface area contributed by atoms with E-state index in [2.05, 4.69) is 16.1 Å². The molecule has 1 aromatic heterocycles. The quantitative estimate of drug-likeness (QED) is 0.358. The third-order valence-corrected chi connectivity index (χ3v) is 6.51. The van der Waals surface area contributed by atoms with Crippen molar-refractivity contribution in [2.45, 2.75) is 25.4 Å². The maximum Gasteiger partial charge on any atom is 0.224 e. The molecule has 0 saturated carbocycles. The number of fused-ring (bicyclic) bond motifs is 1. The van der Waals surface area contributed by atoms with Crippen LogP contribution in [-0.4, -0.2) is 25.6 Å². The highest BCUT2D eigenvalue weighted by Gasteiger charge is 2.21. The van der Waals surface area contributed by atoms with Crippen molar-refractivity contribution < 1.29 is 13.2 Å². The minimum absolute atomic E-state index is 0.00158. The van der Waals surface area contributed by atoms with Crippen LogP contribution in [0.15, 0.2) is 84.9 Å². The van der Waals surface area contributed by atoms with Gasteiger partial charge in [-0.2, -0.15) is 5.26 Å². The van der Waals surface area contributed by atoms with Gasteiger partial charge in [0.05, 0.1) is 42.4 Å². The molecule has 1 amide bonds. The van der Waals surface area contributed by atoms with E-state index in [0.717, 1.165) is 22.8 Å². The van der Waals surface area contributed by atoms with Crippen LogP contribution < -0.4 is 10.0 Å². The van der Waals surface area contributed by atoms with Crippen LogP contribution >= 0.6 is 0 Å². The fourth-order valence-electron chi connectivity index (χ4n) is 4.18. The Hall–Kier alpha value is -4.06. The number of aromatic nitrogens is 1. The van der Waals surface area contributed by atoms with Crippen molar-refractivity contribution in [3.8, 4) is 17.3 Å². The summed E-state index contributed by atoms with van der Waals surface area (Å²) in [5.41, 5.74) is 4.32.